The first kappa shape index (κ1) is 18.9. The van der Waals surface area contributed by atoms with E-state index in [1.54, 1.807) is 42.6 Å². The average molecular weight is 417 g/mol. The fourth-order valence-electron chi connectivity index (χ4n) is 3.46. The molecule has 0 bridgehead atoms. The van der Waals surface area contributed by atoms with Crippen LogP contribution in [0.25, 0.3) is 21.9 Å². The quantitative estimate of drug-likeness (QED) is 0.493. The van der Waals surface area contributed by atoms with Crippen LogP contribution in [0.1, 0.15) is 33.6 Å². The third kappa shape index (κ3) is 3.52. The Morgan fingerprint density at radius 2 is 1.94 bits per heavy atom. The first-order valence-electron chi connectivity index (χ1n) is 9.80. The molecule has 4 aromatic rings. The summed E-state index contributed by atoms with van der Waals surface area (Å²) in [5, 5.41) is 4.29. The number of carbonyl (C=O) groups excluding carboxylic acids is 2. The molecule has 2 amide bonds. The highest BCUT2D eigenvalue weighted by Gasteiger charge is 2.25. The molecule has 1 aliphatic rings. The second kappa shape index (κ2) is 7.32. The van der Waals surface area contributed by atoms with Crippen molar-refractivity contribution in [3.63, 3.8) is 0 Å². The van der Waals surface area contributed by atoms with Gasteiger partial charge < -0.3 is 24.9 Å². The van der Waals surface area contributed by atoms with Crippen molar-refractivity contribution < 1.29 is 23.5 Å². The first-order valence-corrected chi connectivity index (χ1v) is 9.80. The topological polar surface area (TPSA) is 117 Å². The summed E-state index contributed by atoms with van der Waals surface area (Å²) in [6.45, 7) is 0. The molecule has 0 radical (unpaired) electrons. The van der Waals surface area contributed by atoms with E-state index in [2.05, 4.69) is 10.3 Å². The van der Waals surface area contributed by atoms with Crippen LogP contribution in [0.15, 0.2) is 53.3 Å². The molecule has 0 saturated heterocycles. The number of hydrogen-bond donors (Lipinski definition) is 2. The maximum atomic E-state index is 12.4. The van der Waals surface area contributed by atoms with Gasteiger partial charge in [-0.2, -0.15) is 0 Å². The van der Waals surface area contributed by atoms with Crippen LogP contribution in [0, 0.1) is 0 Å². The molecular formula is C23H19N3O5. The largest absolute Gasteiger partial charge is 0.496 e. The van der Waals surface area contributed by atoms with Crippen molar-refractivity contribution in [3.8, 4) is 17.2 Å². The SMILES string of the molecule is COc1cc2nccc(Oc3ccc4c(C(=O)NC5CC5)coc4c3)c2cc1C(N)=O. The number of benzene rings is 2. The van der Waals surface area contributed by atoms with Crippen LogP contribution >= 0.6 is 0 Å². The molecule has 1 aliphatic carbocycles. The number of aromatic nitrogens is 1. The summed E-state index contributed by atoms with van der Waals surface area (Å²) >= 11 is 0. The second-order valence-corrected chi connectivity index (χ2v) is 7.40. The molecule has 1 fully saturated rings. The van der Waals surface area contributed by atoms with Crippen LogP contribution in [-0.4, -0.2) is 29.9 Å². The number of primary amides is 1. The minimum atomic E-state index is -0.609. The molecule has 5 rings (SSSR count). The number of nitrogens with one attached hydrogen (secondary N) is 1. The number of fused-ring (bicyclic) bond motifs is 2. The van der Waals surface area contributed by atoms with Crippen LogP contribution < -0.4 is 20.5 Å². The molecular weight excluding hydrogens is 398 g/mol. The Bertz CT molecular complexity index is 1340. The van der Waals surface area contributed by atoms with E-state index in [0.717, 1.165) is 12.8 Å². The smallest absolute Gasteiger partial charge is 0.255 e. The van der Waals surface area contributed by atoms with Gasteiger partial charge in [-0.15, -0.1) is 0 Å². The summed E-state index contributed by atoms with van der Waals surface area (Å²) in [6, 6.07) is 10.5. The Labute approximate surface area is 176 Å². The molecule has 156 valence electrons. The van der Waals surface area contributed by atoms with Gasteiger partial charge in [-0.25, -0.2) is 0 Å². The van der Waals surface area contributed by atoms with Crippen LogP contribution in [0.5, 0.6) is 17.2 Å². The lowest BCUT2D eigenvalue weighted by molar-refractivity contribution is 0.0950. The fourth-order valence-corrected chi connectivity index (χ4v) is 3.46. The third-order valence-electron chi connectivity index (χ3n) is 5.22. The normalized spacial score (nSPS) is 13.3. The number of pyridine rings is 1. The van der Waals surface area contributed by atoms with Gasteiger partial charge in [0.25, 0.3) is 11.8 Å². The summed E-state index contributed by atoms with van der Waals surface area (Å²) in [5.41, 5.74) is 7.35. The molecule has 31 heavy (non-hydrogen) atoms. The fraction of sp³-hybridized carbons (Fsp3) is 0.174. The zero-order valence-corrected chi connectivity index (χ0v) is 16.7. The van der Waals surface area contributed by atoms with Gasteiger partial charge in [-0.3, -0.25) is 14.6 Å². The minimum Gasteiger partial charge on any atom is -0.496 e. The lowest BCUT2D eigenvalue weighted by atomic mass is 10.1. The van der Waals surface area contributed by atoms with Gasteiger partial charge in [0.15, 0.2) is 0 Å². The Kier molecular flexibility index (Phi) is 4.47. The lowest BCUT2D eigenvalue weighted by Gasteiger charge is -2.11. The van der Waals surface area contributed by atoms with E-state index >= 15 is 0 Å². The van der Waals surface area contributed by atoms with Crippen molar-refractivity contribution in [2.75, 3.05) is 7.11 Å². The van der Waals surface area contributed by atoms with E-state index in [-0.39, 0.29) is 17.5 Å². The molecule has 2 aromatic carbocycles. The molecule has 1 saturated carbocycles. The van der Waals surface area contributed by atoms with Crippen LogP contribution in [-0.2, 0) is 0 Å². The number of nitrogens with two attached hydrogens (primary N) is 1. The number of rotatable bonds is 6. The summed E-state index contributed by atoms with van der Waals surface area (Å²) < 4.78 is 16.9. The van der Waals surface area contributed by atoms with E-state index in [9.17, 15) is 9.59 Å². The van der Waals surface area contributed by atoms with Crippen molar-refractivity contribution in [2.24, 2.45) is 5.73 Å². The van der Waals surface area contributed by atoms with Gasteiger partial charge in [0, 0.05) is 35.1 Å². The maximum Gasteiger partial charge on any atom is 0.255 e. The standard InChI is InChI=1S/C23H19N3O5/c1-29-20-10-18-15(9-16(20)22(24)27)19(6-7-25-18)31-13-4-5-14-17(11-30-21(14)8-13)23(28)26-12-2-3-12/h4-12H,2-3H2,1H3,(H2,24,27)(H,26,28). The van der Waals surface area contributed by atoms with Crippen molar-refractivity contribution in [1.29, 1.82) is 0 Å². The third-order valence-corrected chi connectivity index (χ3v) is 5.22. The molecule has 2 heterocycles. The molecule has 0 aliphatic heterocycles. The molecule has 2 aromatic heterocycles. The van der Waals surface area contributed by atoms with Gasteiger partial charge in [-0.1, -0.05) is 0 Å². The zero-order chi connectivity index (χ0) is 21.5. The Morgan fingerprint density at radius 3 is 2.68 bits per heavy atom. The average Bonchev–Trinajstić information content (AvgIpc) is 3.48. The summed E-state index contributed by atoms with van der Waals surface area (Å²) in [5.74, 6) is 0.608. The van der Waals surface area contributed by atoms with Crippen LogP contribution in [0.3, 0.4) is 0 Å². The molecule has 0 atom stereocenters. The van der Waals surface area contributed by atoms with Crippen molar-refractivity contribution in [3.05, 3.63) is 60.0 Å². The highest BCUT2D eigenvalue weighted by Crippen LogP contribution is 2.35. The van der Waals surface area contributed by atoms with Crippen molar-refractivity contribution in [2.45, 2.75) is 18.9 Å². The van der Waals surface area contributed by atoms with Gasteiger partial charge >= 0.3 is 0 Å². The molecule has 0 spiro atoms. The van der Waals surface area contributed by atoms with Gasteiger partial charge in [0.1, 0.15) is 29.1 Å². The summed E-state index contributed by atoms with van der Waals surface area (Å²) in [7, 11) is 1.46. The first-order chi connectivity index (χ1) is 15.0. The molecule has 3 N–H and O–H groups in total. The van der Waals surface area contributed by atoms with Crippen molar-refractivity contribution >= 4 is 33.7 Å². The Balaban J connectivity index is 1.49. The van der Waals surface area contributed by atoms with E-state index in [4.69, 9.17) is 19.6 Å². The van der Waals surface area contributed by atoms with E-state index < -0.39 is 5.91 Å². The maximum absolute atomic E-state index is 12.4. The summed E-state index contributed by atoms with van der Waals surface area (Å²) in [4.78, 5) is 28.5. The van der Waals surface area contributed by atoms with E-state index in [0.29, 0.717) is 44.7 Å². The highest BCUT2D eigenvalue weighted by atomic mass is 16.5. The zero-order valence-electron chi connectivity index (χ0n) is 16.7. The van der Waals surface area contributed by atoms with Crippen LogP contribution in [0.2, 0.25) is 0 Å². The summed E-state index contributed by atoms with van der Waals surface area (Å²) in [6.07, 6.45) is 5.09. The Morgan fingerprint density at radius 1 is 1.10 bits per heavy atom. The number of carbonyl (C=O) groups is 2. The number of furan rings is 1. The number of amides is 2. The van der Waals surface area contributed by atoms with E-state index in [1.165, 1.54) is 13.4 Å². The predicted molar refractivity (Wildman–Crippen MR) is 114 cm³/mol. The number of hydrogen-bond acceptors (Lipinski definition) is 6. The second-order valence-electron chi connectivity index (χ2n) is 7.40. The molecule has 0 unspecified atom stereocenters. The minimum absolute atomic E-state index is 0.136. The molecule has 8 heteroatoms. The number of methoxy groups -OCH3 is 1. The number of ether oxygens (including phenoxy) is 2. The van der Waals surface area contributed by atoms with Gasteiger partial charge in [-0.05, 0) is 37.1 Å². The Hall–Kier alpha value is -4.07. The monoisotopic (exact) mass is 417 g/mol. The molecule has 8 nitrogen and oxygen atoms in total. The lowest BCUT2D eigenvalue weighted by Crippen LogP contribution is -2.24. The number of nitrogens with zero attached hydrogens (tertiary/aromatic N) is 1. The highest BCUT2D eigenvalue weighted by molar-refractivity contribution is 6.06. The van der Waals surface area contributed by atoms with Crippen LogP contribution in [0.4, 0.5) is 0 Å². The predicted octanol–water partition coefficient (Wildman–Crippen LogP) is 3.77. The van der Waals surface area contributed by atoms with Crippen molar-refractivity contribution in [1.82, 2.24) is 10.3 Å². The van der Waals surface area contributed by atoms with Gasteiger partial charge in [0.2, 0.25) is 0 Å². The van der Waals surface area contributed by atoms with E-state index in [1.807, 2.05) is 0 Å². The van der Waals surface area contributed by atoms with Gasteiger partial charge in [0.05, 0.1) is 23.8 Å².